The van der Waals surface area contributed by atoms with Crippen LogP contribution in [0.15, 0.2) is 29.3 Å². The lowest BCUT2D eigenvalue weighted by Gasteiger charge is -2.36. The maximum absolute atomic E-state index is 13.1. The van der Waals surface area contributed by atoms with Gasteiger partial charge in [0, 0.05) is 45.0 Å². The van der Waals surface area contributed by atoms with Gasteiger partial charge in [-0.05, 0) is 51.7 Å². The molecule has 0 radical (unpaired) electrons. The van der Waals surface area contributed by atoms with Crippen LogP contribution in [-0.4, -0.2) is 81.8 Å². The van der Waals surface area contributed by atoms with E-state index in [-0.39, 0.29) is 35.9 Å². The van der Waals surface area contributed by atoms with Crippen molar-refractivity contribution < 1.29 is 9.13 Å². The quantitative estimate of drug-likeness (QED) is 0.342. The summed E-state index contributed by atoms with van der Waals surface area (Å²) in [6.45, 7) is 7.55. The molecule has 0 amide bonds. The van der Waals surface area contributed by atoms with Gasteiger partial charge < -0.3 is 25.2 Å². The van der Waals surface area contributed by atoms with Crippen molar-refractivity contribution in [1.82, 2.24) is 9.80 Å². The molecule has 1 fully saturated rings. The average molecular weight is 493 g/mol. The minimum absolute atomic E-state index is 0. The van der Waals surface area contributed by atoms with Crippen LogP contribution in [0, 0.1) is 5.82 Å². The van der Waals surface area contributed by atoms with E-state index < -0.39 is 0 Å². The number of aliphatic imine (C=N–C) groups is 1. The summed E-state index contributed by atoms with van der Waals surface area (Å²) in [6, 6.07) is 6.64. The fourth-order valence-electron chi connectivity index (χ4n) is 3.01. The number of piperazine rings is 1. The zero-order valence-corrected chi connectivity index (χ0v) is 18.9. The third-order valence-corrected chi connectivity index (χ3v) is 4.55. The first-order valence-corrected chi connectivity index (χ1v) is 9.31. The Labute approximate surface area is 179 Å². The topological polar surface area (TPSA) is 57.3 Å². The Morgan fingerprint density at radius 1 is 1.22 bits per heavy atom. The highest BCUT2D eigenvalue weighted by molar-refractivity contribution is 14.0. The molecule has 154 valence electrons. The smallest absolute Gasteiger partial charge is 0.191 e. The molecule has 2 N–H and O–H groups in total. The molecule has 1 aromatic rings. The van der Waals surface area contributed by atoms with Gasteiger partial charge in [-0.15, -0.1) is 24.0 Å². The largest absolute Gasteiger partial charge is 0.377 e. The van der Waals surface area contributed by atoms with E-state index in [1.54, 1.807) is 0 Å². The summed E-state index contributed by atoms with van der Waals surface area (Å²) < 4.78 is 18.8. The van der Waals surface area contributed by atoms with Crippen molar-refractivity contribution in [2.45, 2.75) is 19.4 Å². The van der Waals surface area contributed by atoms with Gasteiger partial charge in [0.2, 0.25) is 0 Å². The van der Waals surface area contributed by atoms with Crippen molar-refractivity contribution in [3.63, 3.8) is 0 Å². The number of hydrogen-bond acceptors (Lipinski definition) is 4. The normalized spacial score (nSPS) is 16.4. The Morgan fingerprint density at radius 3 is 2.41 bits per heavy atom. The SMILES string of the molecule is CCOC(CCN(C)C)CN=C(N)N1CCN(c2ccc(F)cc2)CC1.I. The molecule has 1 unspecified atom stereocenters. The van der Waals surface area contributed by atoms with Crippen molar-refractivity contribution in [3.05, 3.63) is 30.1 Å². The summed E-state index contributed by atoms with van der Waals surface area (Å²) in [5.41, 5.74) is 7.24. The molecule has 8 heteroatoms. The fourth-order valence-corrected chi connectivity index (χ4v) is 3.01. The van der Waals surface area contributed by atoms with Crippen molar-refractivity contribution in [3.8, 4) is 0 Å². The molecular weight excluding hydrogens is 460 g/mol. The van der Waals surface area contributed by atoms with Crippen LogP contribution in [0.3, 0.4) is 0 Å². The van der Waals surface area contributed by atoms with Gasteiger partial charge in [-0.1, -0.05) is 0 Å². The molecule has 6 nitrogen and oxygen atoms in total. The minimum atomic E-state index is -0.207. The van der Waals surface area contributed by atoms with Crippen LogP contribution < -0.4 is 10.6 Å². The molecule has 0 aromatic heterocycles. The molecule has 0 spiro atoms. The summed E-state index contributed by atoms with van der Waals surface area (Å²) >= 11 is 0. The lowest BCUT2D eigenvalue weighted by atomic mass is 10.2. The minimum Gasteiger partial charge on any atom is -0.377 e. The van der Waals surface area contributed by atoms with E-state index in [0.29, 0.717) is 19.1 Å². The van der Waals surface area contributed by atoms with Gasteiger partial charge in [-0.25, -0.2) is 4.39 Å². The number of guanidine groups is 1. The van der Waals surface area contributed by atoms with E-state index in [4.69, 9.17) is 10.5 Å². The van der Waals surface area contributed by atoms with E-state index >= 15 is 0 Å². The lowest BCUT2D eigenvalue weighted by molar-refractivity contribution is 0.0581. The predicted octanol–water partition coefficient (Wildman–Crippen LogP) is 2.24. The molecule has 0 saturated carbocycles. The summed E-state index contributed by atoms with van der Waals surface area (Å²) in [5.74, 6) is 0.375. The van der Waals surface area contributed by atoms with Gasteiger partial charge in [0.05, 0.1) is 12.6 Å². The first-order chi connectivity index (χ1) is 12.5. The van der Waals surface area contributed by atoms with Crippen molar-refractivity contribution in [2.75, 3.05) is 64.9 Å². The second-order valence-corrected chi connectivity index (χ2v) is 6.82. The van der Waals surface area contributed by atoms with Gasteiger partial charge in [0.25, 0.3) is 0 Å². The Morgan fingerprint density at radius 2 is 1.85 bits per heavy atom. The molecule has 1 aliphatic heterocycles. The standard InChI is InChI=1S/C19H32FN5O.HI/c1-4-26-18(9-10-23(2)3)15-22-19(21)25-13-11-24(12-14-25)17-7-5-16(20)6-8-17;/h5-8,18H,4,9-15H2,1-3H3,(H2,21,22);1H. The highest BCUT2D eigenvalue weighted by Crippen LogP contribution is 2.16. The van der Waals surface area contributed by atoms with E-state index in [1.807, 2.05) is 19.1 Å². The predicted molar refractivity (Wildman–Crippen MR) is 121 cm³/mol. The Kier molecular flexibility index (Phi) is 10.9. The highest BCUT2D eigenvalue weighted by Gasteiger charge is 2.19. The molecule has 1 saturated heterocycles. The van der Waals surface area contributed by atoms with E-state index in [0.717, 1.165) is 44.8 Å². The molecule has 0 bridgehead atoms. The van der Waals surface area contributed by atoms with Gasteiger partial charge in [-0.2, -0.15) is 0 Å². The first kappa shape index (κ1) is 23.9. The molecule has 1 aromatic carbocycles. The Bertz CT molecular complexity index is 562. The fraction of sp³-hybridized carbons (Fsp3) is 0.632. The van der Waals surface area contributed by atoms with Crippen LogP contribution in [0.25, 0.3) is 0 Å². The summed E-state index contributed by atoms with van der Waals surface area (Å²) in [5, 5.41) is 0. The highest BCUT2D eigenvalue weighted by atomic mass is 127. The lowest BCUT2D eigenvalue weighted by Crippen LogP contribution is -2.51. The molecule has 1 aliphatic rings. The Balaban J connectivity index is 0.00000364. The van der Waals surface area contributed by atoms with Crippen molar-refractivity contribution >= 4 is 35.6 Å². The van der Waals surface area contributed by atoms with Crippen LogP contribution >= 0.6 is 24.0 Å². The molecule has 0 aliphatic carbocycles. The maximum Gasteiger partial charge on any atom is 0.191 e. The van der Waals surface area contributed by atoms with Gasteiger partial charge >= 0.3 is 0 Å². The number of hydrogen-bond donors (Lipinski definition) is 1. The number of nitrogens with two attached hydrogens (primary N) is 1. The zero-order chi connectivity index (χ0) is 18.9. The molecule has 2 rings (SSSR count). The van der Waals surface area contributed by atoms with Crippen LogP contribution in [0.5, 0.6) is 0 Å². The van der Waals surface area contributed by atoms with Crippen LogP contribution in [0.1, 0.15) is 13.3 Å². The number of nitrogens with zero attached hydrogens (tertiary/aromatic N) is 4. The van der Waals surface area contributed by atoms with Gasteiger partial charge in [0.1, 0.15) is 5.82 Å². The summed E-state index contributed by atoms with van der Waals surface area (Å²) in [7, 11) is 4.11. The first-order valence-electron chi connectivity index (χ1n) is 9.31. The summed E-state index contributed by atoms with van der Waals surface area (Å²) in [4.78, 5) is 11.1. The van der Waals surface area contributed by atoms with E-state index in [9.17, 15) is 4.39 Å². The van der Waals surface area contributed by atoms with Gasteiger partial charge in [0.15, 0.2) is 5.96 Å². The molecule has 1 heterocycles. The van der Waals surface area contributed by atoms with E-state index in [2.05, 4.69) is 33.8 Å². The monoisotopic (exact) mass is 493 g/mol. The maximum atomic E-state index is 13.1. The number of rotatable bonds is 8. The molecule has 27 heavy (non-hydrogen) atoms. The zero-order valence-electron chi connectivity index (χ0n) is 16.6. The number of halogens is 2. The number of ether oxygens (including phenoxy) is 1. The van der Waals surface area contributed by atoms with Crippen LogP contribution in [-0.2, 0) is 4.74 Å². The van der Waals surface area contributed by atoms with Crippen molar-refractivity contribution in [1.29, 1.82) is 0 Å². The van der Waals surface area contributed by atoms with Crippen LogP contribution in [0.2, 0.25) is 0 Å². The third kappa shape index (κ3) is 8.18. The van der Waals surface area contributed by atoms with Crippen molar-refractivity contribution in [2.24, 2.45) is 10.7 Å². The molecule has 1 atom stereocenters. The summed E-state index contributed by atoms with van der Waals surface area (Å²) in [6.07, 6.45) is 1.04. The number of anilines is 1. The third-order valence-electron chi connectivity index (χ3n) is 4.55. The Hall–Kier alpha value is -1.13. The van der Waals surface area contributed by atoms with E-state index in [1.165, 1.54) is 12.1 Å². The molecular formula is C19H33FIN5O. The second-order valence-electron chi connectivity index (χ2n) is 6.82. The van der Waals surface area contributed by atoms with Gasteiger partial charge in [-0.3, -0.25) is 4.99 Å². The number of benzene rings is 1. The average Bonchev–Trinajstić information content (AvgIpc) is 2.64. The second kappa shape index (κ2) is 12.4. The van der Waals surface area contributed by atoms with Crippen LogP contribution in [0.4, 0.5) is 10.1 Å².